The van der Waals surface area contributed by atoms with Crippen molar-refractivity contribution in [3.05, 3.63) is 80.4 Å². The van der Waals surface area contributed by atoms with Crippen molar-refractivity contribution < 1.29 is 13.9 Å². The van der Waals surface area contributed by atoms with Crippen LogP contribution in [0.1, 0.15) is 11.1 Å². The molecule has 3 rings (SSSR count). The average molecular weight is 373 g/mol. The zero-order valence-corrected chi connectivity index (χ0v) is 14.3. The van der Waals surface area contributed by atoms with Crippen LogP contribution in [0.15, 0.2) is 52.3 Å². The van der Waals surface area contributed by atoms with Gasteiger partial charge >= 0.3 is 0 Å². The van der Waals surface area contributed by atoms with Crippen LogP contribution in [0.3, 0.4) is 0 Å². The van der Waals surface area contributed by atoms with E-state index in [1.54, 1.807) is 6.92 Å². The molecule has 0 saturated carbocycles. The van der Waals surface area contributed by atoms with Gasteiger partial charge in [0.05, 0.1) is 11.4 Å². The Morgan fingerprint density at radius 3 is 2.54 bits per heavy atom. The summed E-state index contributed by atoms with van der Waals surface area (Å²) in [6, 6.07) is 9.44. The number of rotatable bonds is 3. The second-order valence-electron chi connectivity index (χ2n) is 5.50. The Morgan fingerprint density at radius 1 is 1.19 bits per heavy atom. The number of nitrogens with zero attached hydrogens (tertiary/aromatic N) is 2. The summed E-state index contributed by atoms with van der Waals surface area (Å²) < 4.78 is 27.6. The van der Waals surface area contributed by atoms with E-state index in [9.17, 15) is 18.7 Å². The van der Waals surface area contributed by atoms with Gasteiger partial charge in [0.15, 0.2) is 4.77 Å². The Labute approximate surface area is 151 Å². The Hall–Kier alpha value is -3.13. The van der Waals surface area contributed by atoms with Crippen molar-refractivity contribution in [3.8, 4) is 11.6 Å². The van der Waals surface area contributed by atoms with Gasteiger partial charge in [0.1, 0.15) is 17.2 Å². The Bertz CT molecular complexity index is 1120. The highest BCUT2D eigenvalue weighted by molar-refractivity contribution is 7.71. The van der Waals surface area contributed by atoms with Gasteiger partial charge in [-0.3, -0.25) is 19.3 Å². The van der Waals surface area contributed by atoms with Crippen molar-refractivity contribution in [2.24, 2.45) is 4.99 Å². The summed E-state index contributed by atoms with van der Waals surface area (Å²) in [6.45, 7) is 1.59. The molecule has 26 heavy (non-hydrogen) atoms. The van der Waals surface area contributed by atoms with E-state index in [4.69, 9.17) is 12.2 Å². The van der Waals surface area contributed by atoms with E-state index in [2.05, 4.69) is 9.98 Å². The number of aromatic hydroxyl groups is 1. The number of hydrogen-bond acceptors (Lipinski definition) is 4. The van der Waals surface area contributed by atoms with Gasteiger partial charge < -0.3 is 5.11 Å². The highest BCUT2D eigenvalue weighted by Crippen LogP contribution is 2.21. The van der Waals surface area contributed by atoms with Crippen LogP contribution < -0.4 is 5.56 Å². The summed E-state index contributed by atoms with van der Waals surface area (Å²) in [5, 5.41) is 10.5. The zero-order valence-electron chi connectivity index (χ0n) is 13.5. The molecule has 0 aliphatic carbocycles. The van der Waals surface area contributed by atoms with E-state index in [0.29, 0.717) is 16.9 Å². The van der Waals surface area contributed by atoms with E-state index in [1.807, 2.05) is 0 Å². The third kappa shape index (κ3) is 3.45. The van der Waals surface area contributed by atoms with Crippen LogP contribution in [-0.2, 0) is 0 Å². The van der Waals surface area contributed by atoms with Crippen LogP contribution in [-0.4, -0.2) is 20.9 Å². The number of aliphatic imine (C=N–C) groups is 1. The molecular formula is C18H13F2N3O2S. The molecular weight excluding hydrogens is 360 g/mol. The lowest BCUT2D eigenvalue weighted by Crippen LogP contribution is -2.18. The Kier molecular flexibility index (Phi) is 4.77. The molecule has 1 aromatic heterocycles. The first-order valence-corrected chi connectivity index (χ1v) is 7.92. The topological polar surface area (TPSA) is 70.4 Å². The molecule has 0 aliphatic rings. The van der Waals surface area contributed by atoms with Crippen molar-refractivity contribution in [2.45, 2.75) is 6.92 Å². The first-order chi connectivity index (χ1) is 12.4. The molecule has 0 radical (unpaired) electrons. The number of aromatic nitrogens is 2. The molecule has 5 nitrogen and oxygen atoms in total. The maximum Gasteiger partial charge on any atom is 0.264 e. The number of aromatic amines is 1. The Balaban J connectivity index is 2.10. The van der Waals surface area contributed by atoms with Gasteiger partial charge in [-0.2, -0.15) is 0 Å². The van der Waals surface area contributed by atoms with Gasteiger partial charge in [-0.25, -0.2) is 8.78 Å². The number of H-pyrrole nitrogens is 1. The molecule has 0 spiro atoms. The molecule has 132 valence electrons. The standard InChI is InChI=1S/C18H13F2N3O2S/c1-10-8-12(4-7-15(10)20)21-9-14-16(24)22-18(26)23(17(14)25)13-5-2-11(19)3-6-13/h2-9,25H,1H3,(H,22,24,26). The van der Waals surface area contributed by atoms with E-state index in [1.165, 1.54) is 47.0 Å². The van der Waals surface area contributed by atoms with Crippen LogP contribution in [0.25, 0.3) is 5.69 Å². The quantitative estimate of drug-likeness (QED) is 0.540. The molecule has 3 aromatic rings. The summed E-state index contributed by atoms with van der Waals surface area (Å²) in [5.41, 5.74) is 0.425. The minimum atomic E-state index is -0.631. The molecule has 0 fully saturated rings. The van der Waals surface area contributed by atoms with Gasteiger partial charge in [0, 0.05) is 6.21 Å². The summed E-state index contributed by atoms with van der Waals surface area (Å²) in [7, 11) is 0. The molecule has 0 unspecified atom stereocenters. The lowest BCUT2D eigenvalue weighted by atomic mass is 10.2. The molecule has 0 amide bonds. The van der Waals surface area contributed by atoms with Crippen LogP contribution in [0, 0.1) is 23.3 Å². The van der Waals surface area contributed by atoms with Gasteiger partial charge in [-0.15, -0.1) is 0 Å². The van der Waals surface area contributed by atoms with E-state index >= 15 is 0 Å². The van der Waals surface area contributed by atoms with E-state index in [0.717, 1.165) is 6.21 Å². The van der Waals surface area contributed by atoms with Crippen molar-refractivity contribution in [1.29, 1.82) is 0 Å². The SMILES string of the molecule is Cc1cc(N=Cc2c(O)n(-c3ccc(F)cc3)c(=S)[nH]c2=O)ccc1F. The second kappa shape index (κ2) is 7.01. The van der Waals surface area contributed by atoms with Gasteiger partial charge in [-0.1, -0.05) is 0 Å². The molecule has 2 aromatic carbocycles. The molecule has 0 saturated heterocycles. The van der Waals surface area contributed by atoms with Crippen molar-refractivity contribution in [3.63, 3.8) is 0 Å². The molecule has 8 heteroatoms. The lowest BCUT2D eigenvalue weighted by molar-refractivity contribution is 0.432. The third-order valence-electron chi connectivity index (χ3n) is 3.69. The fourth-order valence-corrected chi connectivity index (χ4v) is 2.62. The molecule has 0 aliphatic heterocycles. The monoisotopic (exact) mass is 373 g/mol. The molecule has 0 bridgehead atoms. The van der Waals surface area contributed by atoms with Crippen LogP contribution in [0.4, 0.5) is 14.5 Å². The number of halogens is 2. The summed E-state index contributed by atoms with van der Waals surface area (Å²) in [5.74, 6) is -1.25. The zero-order chi connectivity index (χ0) is 18.8. The maximum atomic E-state index is 13.3. The van der Waals surface area contributed by atoms with Crippen molar-refractivity contribution in [2.75, 3.05) is 0 Å². The maximum absolute atomic E-state index is 13.3. The smallest absolute Gasteiger partial charge is 0.264 e. The number of aryl methyl sites for hydroxylation is 1. The van der Waals surface area contributed by atoms with Crippen molar-refractivity contribution in [1.82, 2.24) is 9.55 Å². The van der Waals surface area contributed by atoms with Crippen molar-refractivity contribution >= 4 is 24.1 Å². The van der Waals surface area contributed by atoms with E-state index in [-0.39, 0.29) is 16.2 Å². The minimum absolute atomic E-state index is 0.0473. The Morgan fingerprint density at radius 2 is 1.88 bits per heavy atom. The van der Waals surface area contributed by atoms with Gasteiger partial charge in [0.2, 0.25) is 5.88 Å². The second-order valence-corrected chi connectivity index (χ2v) is 5.89. The van der Waals surface area contributed by atoms with E-state index < -0.39 is 17.3 Å². The lowest BCUT2D eigenvalue weighted by Gasteiger charge is -2.11. The number of nitrogens with one attached hydrogen (secondary N) is 1. The predicted octanol–water partition coefficient (Wildman–Crippen LogP) is 3.94. The number of hydrogen-bond donors (Lipinski definition) is 2. The van der Waals surface area contributed by atoms with Crippen LogP contribution in [0.2, 0.25) is 0 Å². The largest absolute Gasteiger partial charge is 0.494 e. The van der Waals surface area contributed by atoms with Gasteiger partial charge in [0.25, 0.3) is 5.56 Å². The average Bonchev–Trinajstić information content (AvgIpc) is 2.59. The fourth-order valence-electron chi connectivity index (χ4n) is 2.33. The summed E-state index contributed by atoms with van der Waals surface area (Å²) >= 11 is 5.08. The fraction of sp³-hybridized carbons (Fsp3) is 0.0556. The summed E-state index contributed by atoms with van der Waals surface area (Å²) in [4.78, 5) is 18.7. The van der Waals surface area contributed by atoms with Crippen LogP contribution in [0.5, 0.6) is 5.88 Å². The predicted molar refractivity (Wildman–Crippen MR) is 97.2 cm³/mol. The van der Waals surface area contributed by atoms with Crippen LogP contribution >= 0.6 is 12.2 Å². The molecule has 0 atom stereocenters. The summed E-state index contributed by atoms with van der Waals surface area (Å²) in [6.07, 6.45) is 1.16. The number of benzene rings is 2. The first kappa shape index (κ1) is 17.7. The first-order valence-electron chi connectivity index (χ1n) is 7.51. The van der Waals surface area contributed by atoms with Gasteiger partial charge in [-0.05, 0) is 67.2 Å². The normalized spacial score (nSPS) is 11.2. The third-order valence-corrected chi connectivity index (χ3v) is 3.97. The molecule has 2 N–H and O–H groups in total. The highest BCUT2D eigenvalue weighted by atomic mass is 32.1. The highest BCUT2D eigenvalue weighted by Gasteiger charge is 2.12. The molecule has 1 heterocycles. The minimum Gasteiger partial charge on any atom is -0.494 e.